The van der Waals surface area contributed by atoms with E-state index in [1.165, 1.54) is 0 Å². The maximum Gasteiger partial charge on any atom is 0.243 e. The van der Waals surface area contributed by atoms with E-state index in [9.17, 15) is 8.42 Å². The second-order valence-electron chi connectivity index (χ2n) is 6.73. The van der Waals surface area contributed by atoms with Gasteiger partial charge in [-0.25, -0.2) is 8.42 Å². The van der Waals surface area contributed by atoms with Gasteiger partial charge in [-0.1, -0.05) is 12.1 Å². The van der Waals surface area contributed by atoms with Crippen LogP contribution in [0.4, 0.5) is 0 Å². The summed E-state index contributed by atoms with van der Waals surface area (Å²) in [5.41, 5.74) is 1.000. The van der Waals surface area contributed by atoms with Crippen LogP contribution >= 0.6 is 24.0 Å². The molecule has 2 heterocycles. The lowest BCUT2D eigenvalue weighted by Gasteiger charge is -2.16. The third-order valence-corrected chi connectivity index (χ3v) is 6.64. The summed E-state index contributed by atoms with van der Waals surface area (Å²) in [5, 5.41) is 10.7. The van der Waals surface area contributed by atoms with Crippen LogP contribution in [-0.2, 0) is 23.1 Å². The first kappa shape index (κ1) is 23.6. The molecule has 1 aromatic carbocycles. The van der Waals surface area contributed by atoms with Crippen LogP contribution < -0.4 is 10.6 Å². The molecule has 2 aromatic rings. The molecule has 10 heteroatoms. The van der Waals surface area contributed by atoms with Crippen LogP contribution in [-0.4, -0.2) is 55.1 Å². The van der Waals surface area contributed by atoms with Crippen molar-refractivity contribution in [3.05, 3.63) is 48.3 Å². The van der Waals surface area contributed by atoms with E-state index in [-0.39, 0.29) is 24.0 Å². The van der Waals surface area contributed by atoms with Crippen LogP contribution in [0, 0.1) is 0 Å². The number of rotatable bonds is 8. The first-order valence-electron chi connectivity index (χ1n) is 9.60. The summed E-state index contributed by atoms with van der Waals surface area (Å²) in [6, 6.07) is 8.98. The van der Waals surface area contributed by atoms with Crippen LogP contribution in [0.25, 0.3) is 0 Å². The number of guanidine groups is 1. The fraction of sp³-hybridized carbons (Fsp3) is 0.474. The molecule has 8 nitrogen and oxygen atoms in total. The molecule has 1 aliphatic heterocycles. The van der Waals surface area contributed by atoms with Gasteiger partial charge >= 0.3 is 0 Å². The van der Waals surface area contributed by atoms with Gasteiger partial charge in [0.15, 0.2) is 5.96 Å². The van der Waals surface area contributed by atoms with Crippen molar-refractivity contribution in [2.24, 2.45) is 4.99 Å². The fourth-order valence-corrected chi connectivity index (χ4v) is 4.66. The highest BCUT2D eigenvalue weighted by Gasteiger charge is 2.26. The molecular weight excluding hydrogens is 503 g/mol. The van der Waals surface area contributed by atoms with E-state index >= 15 is 0 Å². The molecule has 0 radical (unpaired) electrons. The number of benzene rings is 1. The molecule has 0 atom stereocenters. The fourth-order valence-electron chi connectivity index (χ4n) is 3.14. The van der Waals surface area contributed by atoms with Crippen LogP contribution in [0.1, 0.15) is 24.8 Å². The van der Waals surface area contributed by atoms with Gasteiger partial charge in [-0.3, -0.25) is 9.67 Å². The monoisotopic (exact) mass is 532 g/mol. The topological polar surface area (TPSA) is 91.6 Å². The highest BCUT2D eigenvalue weighted by molar-refractivity contribution is 14.0. The summed E-state index contributed by atoms with van der Waals surface area (Å²) in [4.78, 5) is 4.58. The Morgan fingerprint density at radius 3 is 2.52 bits per heavy atom. The lowest BCUT2D eigenvalue weighted by Crippen LogP contribution is -2.37. The highest BCUT2D eigenvalue weighted by atomic mass is 127. The minimum absolute atomic E-state index is 0. The van der Waals surface area contributed by atoms with Gasteiger partial charge in [0.1, 0.15) is 0 Å². The van der Waals surface area contributed by atoms with Gasteiger partial charge in [0.2, 0.25) is 10.0 Å². The van der Waals surface area contributed by atoms with Gasteiger partial charge in [0.25, 0.3) is 0 Å². The van der Waals surface area contributed by atoms with E-state index in [1.54, 1.807) is 29.7 Å². The van der Waals surface area contributed by atoms with Gasteiger partial charge in [-0.15, -0.1) is 24.0 Å². The van der Waals surface area contributed by atoms with Gasteiger partial charge in [-0.2, -0.15) is 9.40 Å². The predicted octanol–water partition coefficient (Wildman–Crippen LogP) is 2.04. The number of nitrogens with zero attached hydrogens (tertiary/aromatic N) is 4. The Bertz CT molecular complexity index is 863. The van der Waals surface area contributed by atoms with E-state index < -0.39 is 10.0 Å². The van der Waals surface area contributed by atoms with Crippen LogP contribution in [0.2, 0.25) is 0 Å². The average Bonchev–Trinajstić information content (AvgIpc) is 3.42. The highest BCUT2D eigenvalue weighted by Crippen LogP contribution is 2.21. The third kappa shape index (κ3) is 6.68. The second-order valence-corrected chi connectivity index (χ2v) is 8.67. The number of sulfonamides is 1. The molecule has 1 aromatic heterocycles. The lowest BCUT2D eigenvalue weighted by molar-refractivity contribution is 0.477. The molecule has 0 spiro atoms. The molecule has 3 rings (SSSR count). The van der Waals surface area contributed by atoms with Crippen molar-refractivity contribution in [3.8, 4) is 0 Å². The Kier molecular flexibility index (Phi) is 9.37. The van der Waals surface area contributed by atoms with Crippen molar-refractivity contribution in [1.82, 2.24) is 24.7 Å². The zero-order chi connectivity index (χ0) is 19.8. The number of aryl methyl sites for hydroxylation is 1. The summed E-state index contributed by atoms with van der Waals surface area (Å²) in [5.74, 6) is 0.717. The smallest absolute Gasteiger partial charge is 0.243 e. The molecule has 160 valence electrons. The number of hydrogen-bond acceptors (Lipinski definition) is 4. The standard InChI is InChI=1S/C19H28N6O2S.HI/c1-20-19(21-10-4-12-24-13-5-11-23-24)22-16-17-6-8-18(9-7-17)28(26,27)25-14-2-3-15-25;/h5-9,11,13H,2-4,10,12,14-16H2,1H3,(H2,20,21,22);1H. The second kappa shape index (κ2) is 11.5. The maximum absolute atomic E-state index is 12.6. The van der Waals surface area contributed by atoms with Crippen LogP contribution in [0.15, 0.2) is 52.6 Å². The minimum atomic E-state index is -3.36. The molecule has 2 N–H and O–H groups in total. The van der Waals surface area contributed by atoms with Crippen molar-refractivity contribution >= 4 is 40.0 Å². The van der Waals surface area contributed by atoms with Crippen molar-refractivity contribution < 1.29 is 8.42 Å². The first-order chi connectivity index (χ1) is 13.6. The zero-order valence-corrected chi connectivity index (χ0v) is 19.8. The van der Waals surface area contributed by atoms with Gasteiger partial charge in [-0.05, 0) is 43.0 Å². The molecule has 29 heavy (non-hydrogen) atoms. The maximum atomic E-state index is 12.6. The van der Waals surface area contributed by atoms with Crippen LogP contribution in [0.5, 0.6) is 0 Å². The molecule has 1 saturated heterocycles. The van der Waals surface area contributed by atoms with Crippen molar-refractivity contribution in [1.29, 1.82) is 0 Å². The van der Waals surface area contributed by atoms with Crippen molar-refractivity contribution in [2.75, 3.05) is 26.7 Å². The van der Waals surface area contributed by atoms with E-state index in [2.05, 4.69) is 20.7 Å². The molecule has 0 aliphatic carbocycles. The number of aliphatic imine (C=N–C) groups is 1. The molecule has 1 fully saturated rings. The number of aromatic nitrogens is 2. The molecule has 0 bridgehead atoms. The Hall–Kier alpha value is -1.66. The van der Waals surface area contributed by atoms with Gasteiger partial charge < -0.3 is 10.6 Å². The molecule has 0 saturated carbocycles. The Morgan fingerprint density at radius 2 is 1.90 bits per heavy atom. The largest absolute Gasteiger partial charge is 0.356 e. The van der Waals surface area contributed by atoms with Crippen molar-refractivity contribution in [2.45, 2.75) is 37.2 Å². The normalized spacial score (nSPS) is 15.1. The number of halogens is 1. The first-order valence-corrected chi connectivity index (χ1v) is 11.0. The summed E-state index contributed by atoms with van der Waals surface area (Å²) < 4.78 is 28.6. The van der Waals surface area contributed by atoms with E-state index in [0.29, 0.717) is 30.5 Å². The Balaban J connectivity index is 0.00000300. The Labute approximate surface area is 189 Å². The molecule has 0 unspecified atom stereocenters. The van der Waals surface area contributed by atoms with Gasteiger partial charge in [0.05, 0.1) is 4.90 Å². The summed E-state index contributed by atoms with van der Waals surface area (Å²) in [7, 11) is -1.62. The van der Waals surface area contributed by atoms with Crippen LogP contribution in [0.3, 0.4) is 0 Å². The minimum Gasteiger partial charge on any atom is -0.356 e. The van der Waals surface area contributed by atoms with E-state index in [0.717, 1.165) is 37.9 Å². The average molecular weight is 532 g/mol. The predicted molar refractivity (Wildman–Crippen MR) is 125 cm³/mol. The van der Waals surface area contributed by atoms with E-state index in [1.807, 2.05) is 29.1 Å². The quantitative estimate of drug-likeness (QED) is 0.235. The summed E-state index contributed by atoms with van der Waals surface area (Å²) in [6.07, 6.45) is 6.53. The Morgan fingerprint density at radius 1 is 1.17 bits per heavy atom. The van der Waals surface area contributed by atoms with Crippen molar-refractivity contribution in [3.63, 3.8) is 0 Å². The number of nitrogens with one attached hydrogen (secondary N) is 2. The third-order valence-electron chi connectivity index (χ3n) is 4.73. The van der Waals surface area contributed by atoms with E-state index in [4.69, 9.17) is 0 Å². The number of hydrogen-bond donors (Lipinski definition) is 2. The van der Waals surface area contributed by atoms with Gasteiger partial charge in [0, 0.05) is 52.2 Å². The molecule has 1 aliphatic rings. The lowest BCUT2D eigenvalue weighted by atomic mass is 10.2. The molecule has 0 amide bonds. The zero-order valence-electron chi connectivity index (χ0n) is 16.6. The summed E-state index contributed by atoms with van der Waals surface area (Å²) >= 11 is 0. The molecular formula is C19H29IN6O2S. The SMILES string of the molecule is CN=C(NCCCn1cccn1)NCc1ccc(S(=O)(=O)N2CCCC2)cc1.I. The summed E-state index contributed by atoms with van der Waals surface area (Å²) in [6.45, 7) is 3.45.